The molecule has 0 bridgehead atoms. The Balaban J connectivity index is 2.19. The summed E-state index contributed by atoms with van der Waals surface area (Å²) in [5.74, 6) is -0.0751. The van der Waals surface area contributed by atoms with Crippen molar-refractivity contribution < 1.29 is 5.21 Å². The Morgan fingerprint density at radius 3 is 2.67 bits per heavy atom. The summed E-state index contributed by atoms with van der Waals surface area (Å²) in [4.78, 5) is 0. The second-order valence-electron chi connectivity index (χ2n) is 4.49. The first-order chi connectivity index (χ1) is 10.1. The Morgan fingerprint density at radius 2 is 2.00 bits per heavy atom. The van der Waals surface area contributed by atoms with Gasteiger partial charge in [0.25, 0.3) is 0 Å². The number of benzene rings is 2. The van der Waals surface area contributed by atoms with E-state index < -0.39 is 0 Å². The summed E-state index contributed by atoms with van der Waals surface area (Å²) >= 11 is 9.45. The molecule has 0 spiro atoms. The van der Waals surface area contributed by atoms with Crippen LogP contribution in [0, 0.1) is 0 Å². The van der Waals surface area contributed by atoms with Gasteiger partial charge in [0.05, 0.1) is 5.92 Å². The van der Waals surface area contributed by atoms with Gasteiger partial charge in [-0.3, -0.25) is 0 Å². The van der Waals surface area contributed by atoms with Gasteiger partial charge in [-0.15, -0.1) is 0 Å². The monoisotopic (exact) mass is 367 g/mol. The van der Waals surface area contributed by atoms with Crippen LogP contribution in [0.15, 0.2) is 58.2 Å². The van der Waals surface area contributed by atoms with E-state index in [-0.39, 0.29) is 11.8 Å². The molecule has 0 aliphatic heterocycles. The number of halogens is 2. The molecular formula is C15H15BrClN3O. The first-order valence-electron chi connectivity index (χ1n) is 6.33. The van der Waals surface area contributed by atoms with Crippen molar-refractivity contribution >= 4 is 39.1 Å². The van der Waals surface area contributed by atoms with Crippen molar-refractivity contribution in [1.82, 2.24) is 0 Å². The van der Waals surface area contributed by atoms with Crippen LogP contribution >= 0.6 is 27.5 Å². The average molecular weight is 369 g/mol. The molecule has 6 heteroatoms. The highest BCUT2D eigenvalue weighted by molar-refractivity contribution is 9.10. The van der Waals surface area contributed by atoms with Gasteiger partial charge in [0, 0.05) is 21.7 Å². The number of nitrogens with one attached hydrogen (secondary N) is 1. The van der Waals surface area contributed by atoms with Gasteiger partial charge >= 0.3 is 0 Å². The number of amidine groups is 1. The summed E-state index contributed by atoms with van der Waals surface area (Å²) in [5, 5.41) is 16.0. The predicted octanol–water partition coefficient (Wildman–Crippen LogP) is 4.04. The maximum absolute atomic E-state index is 8.97. The number of hydrogen-bond acceptors (Lipinski definition) is 3. The number of rotatable bonds is 5. The first-order valence-corrected chi connectivity index (χ1v) is 7.50. The van der Waals surface area contributed by atoms with E-state index in [1.807, 2.05) is 42.5 Å². The molecule has 0 amide bonds. The highest BCUT2D eigenvalue weighted by Crippen LogP contribution is 2.27. The third-order valence-electron chi connectivity index (χ3n) is 3.10. The van der Waals surface area contributed by atoms with Crippen LogP contribution in [0.4, 0.5) is 5.69 Å². The van der Waals surface area contributed by atoms with Gasteiger partial charge in [-0.2, -0.15) is 0 Å². The molecule has 0 heterocycles. The van der Waals surface area contributed by atoms with Crippen LogP contribution in [-0.2, 0) is 0 Å². The fraction of sp³-hybridized carbons (Fsp3) is 0.133. The molecule has 0 saturated carbocycles. The van der Waals surface area contributed by atoms with Crippen LogP contribution in [0.2, 0.25) is 5.02 Å². The highest BCUT2D eigenvalue weighted by atomic mass is 79.9. The Morgan fingerprint density at radius 1 is 1.29 bits per heavy atom. The fourth-order valence-electron chi connectivity index (χ4n) is 1.99. The van der Waals surface area contributed by atoms with Crippen molar-refractivity contribution in [3.63, 3.8) is 0 Å². The SMILES string of the molecule is N/C(=N/O)C(CNc1cc(Cl)ccc1Br)c1ccccc1. The Kier molecular flexibility index (Phi) is 5.47. The minimum absolute atomic E-state index is 0.159. The lowest BCUT2D eigenvalue weighted by Gasteiger charge is -2.18. The zero-order valence-electron chi connectivity index (χ0n) is 11.1. The lowest BCUT2D eigenvalue weighted by atomic mass is 9.98. The van der Waals surface area contributed by atoms with Crippen molar-refractivity contribution in [2.75, 3.05) is 11.9 Å². The van der Waals surface area contributed by atoms with Crippen molar-refractivity contribution in [3.8, 4) is 0 Å². The molecule has 4 nitrogen and oxygen atoms in total. The van der Waals surface area contributed by atoms with Crippen molar-refractivity contribution in [3.05, 3.63) is 63.6 Å². The Hall–Kier alpha value is -1.72. The third kappa shape index (κ3) is 4.12. The maximum atomic E-state index is 8.97. The van der Waals surface area contributed by atoms with Gasteiger partial charge in [-0.1, -0.05) is 47.1 Å². The van der Waals surface area contributed by atoms with E-state index in [2.05, 4.69) is 26.4 Å². The van der Waals surface area contributed by atoms with Crippen LogP contribution in [0.3, 0.4) is 0 Å². The van der Waals surface area contributed by atoms with Gasteiger partial charge in [0.1, 0.15) is 5.84 Å². The van der Waals surface area contributed by atoms with E-state index in [1.54, 1.807) is 6.07 Å². The maximum Gasteiger partial charge on any atom is 0.148 e. The predicted molar refractivity (Wildman–Crippen MR) is 90.2 cm³/mol. The zero-order valence-corrected chi connectivity index (χ0v) is 13.5. The number of hydrogen-bond donors (Lipinski definition) is 3. The van der Waals surface area contributed by atoms with Crippen molar-refractivity contribution in [2.24, 2.45) is 10.9 Å². The second-order valence-corrected chi connectivity index (χ2v) is 5.78. The number of oxime groups is 1. The molecule has 1 atom stereocenters. The van der Waals surface area contributed by atoms with Crippen LogP contribution in [-0.4, -0.2) is 17.6 Å². The molecule has 0 aliphatic carbocycles. The zero-order chi connectivity index (χ0) is 15.2. The summed E-state index contributed by atoms with van der Waals surface area (Å²) < 4.78 is 0.901. The van der Waals surface area contributed by atoms with Crippen LogP contribution in [0.5, 0.6) is 0 Å². The summed E-state index contributed by atoms with van der Waals surface area (Å²) in [7, 11) is 0. The fourth-order valence-corrected chi connectivity index (χ4v) is 2.55. The van der Waals surface area contributed by atoms with Gasteiger partial charge in [-0.25, -0.2) is 0 Å². The molecule has 2 aromatic rings. The van der Waals surface area contributed by atoms with Gasteiger partial charge in [-0.05, 0) is 39.7 Å². The number of nitrogens with zero attached hydrogens (tertiary/aromatic N) is 1. The highest BCUT2D eigenvalue weighted by Gasteiger charge is 2.16. The summed E-state index contributed by atoms with van der Waals surface area (Å²) in [6.45, 7) is 0.485. The molecule has 0 fully saturated rings. The van der Waals surface area contributed by atoms with E-state index in [1.165, 1.54) is 0 Å². The van der Waals surface area contributed by atoms with Crippen LogP contribution in [0.25, 0.3) is 0 Å². The quantitative estimate of drug-likeness (QED) is 0.323. The topological polar surface area (TPSA) is 70.6 Å². The summed E-state index contributed by atoms with van der Waals surface area (Å²) in [6, 6.07) is 15.1. The summed E-state index contributed by atoms with van der Waals surface area (Å²) in [5.41, 5.74) is 7.63. The minimum Gasteiger partial charge on any atom is -0.409 e. The number of anilines is 1. The van der Waals surface area contributed by atoms with E-state index in [0.29, 0.717) is 11.6 Å². The molecule has 1 unspecified atom stereocenters. The molecule has 2 rings (SSSR count). The van der Waals surface area contributed by atoms with Gasteiger partial charge in [0.2, 0.25) is 0 Å². The lowest BCUT2D eigenvalue weighted by Crippen LogP contribution is -2.28. The summed E-state index contributed by atoms with van der Waals surface area (Å²) in [6.07, 6.45) is 0. The molecule has 2 aromatic carbocycles. The lowest BCUT2D eigenvalue weighted by molar-refractivity contribution is 0.316. The first kappa shape index (κ1) is 15.7. The van der Waals surface area contributed by atoms with Gasteiger partial charge < -0.3 is 16.3 Å². The van der Waals surface area contributed by atoms with Crippen molar-refractivity contribution in [2.45, 2.75) is 5.92 Å². The van der Waals surface area contributed by atoms with E-state index in [9.17, 15) is 0 Å². The molecule has 21 heavy (non-hydrogen) atoms. The van der Waals surface area contributed by atoms with E-state index in [4.69, 9.17) is 22.5 Å². The van der Waals surface area contributed by atoms with E-state index >= 15 is 0 Å². The molecule has 0 aromatic heterocycles. The molecule has 110 valence electrons. The van der Waals surface area contributed by atoms with Gasteiger partial charge in [0.15, 0.2) is 0 Å². The molecule has 4 N–H and O–H groups in total. The molecule has 0 saturated heterocycles. The molecular weight excluding hydrogens is 354 g/mol. The normalized spacial score (nSPS) is 13.0. The standard InChI is InChI=1S/C15H15BrClN3O/c16-13-7-6-11(17)8-14(13)19-9-12(15(18)20-21)10-4-2-1-3-5-10/h1-8,12,19,21H,9H2,(H2,18,20). The average Bonchev–Trinajstić information content (AvgIpc) is 2.51. The Bertz CT molecular complexity index is 634. The largest absolute Gasteiger partial charge is 0.409 e. The van der Waals surface area contributed by atoms with Crippen molar-refractivity contribution in [1.29, 1.82) is 0 Å². The van der Waals surface area contributed by atoms with Crippen LogP contribution in [0.1, 0.15) is 11.5 Å². The molecule has 0 aliphatic rings. The minimum atomic E-state index is -0.234. The number of nitrogens with two attached hydrogens (primary N) is 1. The second kappa shape index (κ2) is 7.33. The smallest absolute Gasteiger partial charge is 0.148 e. The van der Waals surface area contributed by atoms with E-state index in [0.717, 1.165) is 15.7 Å². The third-order valence-corrected chi connectivity index (χ3v) is 4.03. The van der Waals surface area contributed by atoms with Crippen LogP contribution < -0.4 is 11.1 Å². The molecule has 0 radical (unpaired) electrons. The Labute approximate surface area is 136 Å².